The third-order valence-electron chi connectivity index (χ3n) is 3.57. The van der Waals surface area contributed by atoms with E-state index in [2.05, 4.69) is 16.5 Å². The smallest absolute Gasteiger partial charge is 0.0951 e. The van der Waals surface area contributed by atoms with Crippen molar-refractivity contribution in [2.45, 2.75) is 52.0 Å². The highest BCUT2D eigenvalue weighted by molar-refractivity contribution is 6.17. The van der Waals surface area contributed by atoms with Crippen LogP contribution in [0.1, 0.15) is 44.0 Å². The van der Waals surface area contributed by atoms with Crippen molar-refractivity contribution < 1.29 is 0 Å². The zero-order valence-corrected chi connectivity index (χ0v) is 10.8. The number of alkyl halides is 1. The van der Waals surface area contributed by atoms with Crippen molar-refractivity contribution in [2.75, 3.05) is 5.88 Å². The Morgan fingerprint density at radius 3 is 3.00 bits per heavy atom. The van der Waals surface area contributed by atoms with Gasteiger partial charge in [-0.15, -0.1) is 11.6 Å². The largest absolute Gasteiger partial charge is 0.334 e. The molecule has 1 atom stereocenters. The van der Waals surface area contributed by atoms with Crippen LogP contribution in [0, 0.1) is 5.92 Å². The molecule has 16 heavy (non-hydrogen) atoms. The van der Waals surface area contributed by atoms with Crippen molar-refractivity contribution in [3.8, 4) is 0 Å². The molecule has 1 aromatic rings. The van der Waals surface area contributed by atoms with Crippen LogP contribution in [0.4, 0.5) is 0 Å². The Hall–Kier alpha value is -0.500. The van der Waals surface area contributed by atoms with Crippen LogP contribution in [0.25, 0.3) is 0 Å². The van der Waals surface area contributed by atoms with Crippen LogP contribution >= 0.6 is 11.6 Å². The van der Waals surface area contributed by atoms with Gasteiger partial charge in [-0.2, -0.15) is 0 Å². The van der Waals surface area contributed by atoms with E-state index in [0.29, 0.717) is 0 Å². The zero-order valence-electron chi connectivity index (χ0n) is 10.1. The molecule has 1 unspecified atom stereocenters. The quantitative estimate of drug-likeness (QED) is 0.722. The molecule has 0 aromatic carbocycles. The summed E-state index contributed by atoms with van der Waals surface area (Å²) in [5.74, 6) is 1.50. The number of nitrogens with zero attached hydrogens (tertiary/aromatic N) is 2. The number of halogens is 1. The second-order valence-electron chi connectivity index (χ2n) is 4.91. The van der Waals surface area contributed by atoms with E-state index < -0.39 is 0 Å². The van der Waals surface area contributed by atoms with E-state index in [1.807, 2.05) is 6.33 Å². The van der Waals surface area contributed by atoms with Crippen LogP contribution in [0.5, 0.6) is 0 Å². The molecular weight excluding hydrogens is 220 g/mol. The second kappa shape index (κ2) is 5.72. The summed E-state index contributed by atoms with van der Waals surface area (Å²) in [5, 5.41) is 0. The molecule has 1 aliphatic carbocycles. The van der Waals surface area contributed by atoms with Crippen LogP contribution in [0.3, 0.4) is 0 Å². The summed E-state index contributed by atoms with van der Waals surface area (Å²) in [6.07, 6.45) is 9.42. The van der Waals surface area contributed by atoms with Gasteiger partial charge in [-0.05, 0) is 44.4 Å². The van der Waals surface area contributed by atoms with Crippen LogP contribution in [-0.4, -0.2) is 15.4 Å². The van der Waals surface area contributed by atoms with Gasteiger partial charge in [-0.3, -0.25) is 0 Å². The van der Waals surface area contributed by atoms with Gasteiger partial charge in [0.1, 0.15) is 0 Å². The Morgan fingerprint density at radius 1 is 1.38 bits per heavy atom. The summed E-state index contributed by atoms with van der Waals surface area (Å²) in [4.78, 5) is 4.52. The van der Waals surface area contributed by atoms with Crippen molar-refractivity contribution in [2.24, 2.45) is 5.92 Å². The maximum Gasteiger partial charge on any atom is 0.0951 e. The molecule has 0 amide bonds. The van der Waals surface area contributed by atoms with E-state index in [4.69, 9.17) is 11.6 Å². The average molecular weight is 241 g/mol. The molecule has 1 aromatic heterocycles. The van der Waals surface area contributed by atoms with Crippen molar-refractivity contribution in [1.82, 2.24) is 9.55 Å². The molecule has 0 fully saturated rings. The normalized spacial score (nSPS) is 17.1. The highest BCUT2D eigenvalue weighted by Gasteiger charge is 2.15. The summed E-state index contributed by atoms with van der Waals surface area (Å²) >= 11 is 5.75. The number of hydrogen-bond donors (Lipinski definition) is 0. The molecule has 0 spiro atoms. The van der Waals surface area contributed by atoms with E-state index in [-0.39, 0.29) is 0 Å². The van der Waals surface area contributed by atoms with Crippen molar-refractivity contribution in [1.29, 1.82) is 0 Å². The maximum atomic E-state index is 5.75. The summed E-state index contributed by atoms with van der Waals surface area (Å²) < 4.78 is 2.36. The molecule has 0 N–H and O–H groups in total. The van der Waals surface area contributed by atoms with Gasteiger partial charge in [0.25, 0.3) is 0 Å². The third kappa shape index (κ3) is 2.79. The highest BCUT2D eigenvalue weighted by atomic mass is 35.5. The van der Waals surface area contributed by atoms with Crippen LogP contribution in [0.15, 0.2) is 6.33 Å². The molecule has 0 saturated carbocycles. The summed E-state index contributed by atoms with van der Waals surface area (Å²) in [6.45, 7) is 3.39. The predicted octanol–water partition coefficient (Wildman–Crippen LogP) is 3.42. The molecular formula is C13H21ClN2. The summed E-state index contributed by atoms with van der Waals surface area (Å²) in [7, 11) is 0. The lowest BCUT2D eigenvalue weighted by Gasteiger charge is -2.15. The topological polar surface area (TPSA) is 17.8 Å². The third-order valence-corrected chi connectivity index (χ3v) is 3.79. The highest BCUT2D eigenvalue weighted by Crippen LogP contribution is 2.21. The molecule has 2 rings (SSSR count). The SMILES string of the molecule is CC(CCCl)CCn1cnc2c1CCCC2. The first-order valence-corrected chi connectivity index (χ1v) is 6.93. The molecule has 1 heterocycles. The van der Waals surface area contributed by atoms with Crippen LogP contribution < -0.4 is 0 Å². The first-order valence-electron chi connectivity index (χ1n) is 6.40. The minimum Gasteiger partial charge on any atom is -0.334 e. The Kier molecular flexibility index (Phi) is 4.28. The molecule has 3 heteroatoms. The van der Waals surface area contributed by atoms with E-state index in [9.17, 15) is 0 Å². The number of imidazole rings is 1. The molecule has 0 aliphatic heterocycles. The lowest BCUT2D eigenvalue weighted by atomic mass is 10.0. The fraction of sp³-hybridized carbons (Fsp3) is 0.769. The monoisotopic (exact) mass is 240 g/mol. The van der Waals surface area contributed by atoms with Gasteiger partial charge < -0.3 is 4.57 Å². The molecule has 0 saturated heterocycles. The first kappa shape index (κ1) is 12.0. The lowest BCUT2D eigenvalue weighted by Crippen LogP contribution is -2.10. The average Bonchev–Trinajstić information content (AvgIpc) is 2.70. The van der Waals surface area contributed by atoms with E-state index >= 15 is 0 Å². The molecule has 90 valence electrons. The number of hydrogen-bond acceptors (Lipinski definition) is 1. The van der Waals surface area contributed by atoms with Crippen molar-refractivity contribution in [3.63, 3.8) is 0 Å². The van der Waals surface area contributed by atoms with Gasteiger partial charge in [-0.1, -0.05) is 6.92 Å². The first-order chi connectivity index (χ1) is 7.81. The Bertz CT molecular complexity index is 333. The van der Waals surface area contributed by atoms with E-state index in [1.165, 1.54) is 43.5 Å². The minimum atomic E-state index is 0.721. The van der Waals surface area contributed by atoms with Gasteiger partial charge in [0, 0.05) is 18.1 Å². The zero-order chi connectivity index (χ0) is 11.4. The van der Waals surface area contributed by atoms with Gasteiger partial charge in [0.2, 0.25) is 0 Å². The number of aryl methyl sites for hydroxylation is 2. The standard InChI is InChI=1S/C13H21ClN2/c1-11(6-8-14)7-9-16-10-15-12-4-2-3-5-13(12)16/h10-11H,2-9H2,1H3. The minimum absolute atomic E-state index is 0.721. The van der Waals surface area contributed by atoms with Gasteiger partial charge in [0.05, 0.1) is 12.0 Å². The Labute approximate surface area is 103 Å². The maximum absolute atomic E-state index is 5.75. The van der Waals surface area contributed by atoms with Gasteiger partial charge in [-0.25, -0.2) is 4.98 Å². The predicted molar refractivity (Wildman–Crippen MR) is 68.0 cm³/mol. The molecule has 0 radical (unpaired) electrons. The number of fused-ring (bicyclic) bond motifs is 1. The molecule has 1 aliphatic rings. The van der Waals surface area contributed by atoms with E-state index in [0.717, 1.165) is 24.8 Å². The Morgan fingerprint density at radius 2 is 2.19 bits per heavy atom. The summed E-state index contributed by atoms with van der Waals surface area (Å²) in [5.41, 5.74) is 2.83. The molecule has 2 nitrogen and oxygen atoms in total. The van der Waals surface area contributed by atoms with Crippen molar-refractivity contribution in [3.05, 3.63) is 17.7 Å². The van der Waals surface area contributed by atoms with Crippen LogP contribution in [-0.2, 0) is 19.4 Å². The Balaban J connectivity index is 1.92. The fourth-order valence-electron chi connectivity index (χ4n) is 2.41. The number of aromatic nitrogens is 2. The van der Waals surface area contributed by atoms with E-state index in [1.54, 1.807) is 0 Å². The molecule has 0 bridgehead atoms. The summed E-state index contributed by atoms with van der Waals surface area (Å²) in [6, 6.07) is 0. The lowest BCUT2D eigenvalue weighted by molar-refractivity contribution is 0.460. The van der Waals surface area contributed by atoms with Crippen LogP contribution in [0.2, 0.25) is 0 Å². The number of rotatable bonds is 5. The van der Waals surface area contributed by atoms with Crippen molar-refractivity contribution >= 4 is 11.6 Å². The second-order valence-corrected chi connectivity index (χ2v) is 5.29. The van der Waals surface area contributed by atoms with Gasteiger partial charge in [0.15, 0.2) is 0 Å². The fourth-order valence-corrected chi connectivity index (χ4v) is 2.79. The van der Waals surface area contributed by atoms with Gasteiger partial charge >= 0.3 is 0 Å².